The lowest BCUT2D eigenvalue weighted by atomic mass is 10.3. The van der Waals surface area contributed by atoms with E-state index in [0.29, 0.717) is 10.4 Å². The van der Waals surface area contributed by atoms with E-state index in [2.05, 4.69) is 4.28 Å². The van der Waals surface area contributed by atoms with E-state index in [0.717, 1.165) is 0 Å². The van der Waals surface area contributed by atoms with Crippen LogP contribution < -0.4 is 25.4 Å². The molecular weight excluding hydrogens is 252 g/mol. The fourth-order valence-corrected chi connectivity index (χ4v) is 1.41. The second-order valence-electron chi connectivity index (χ2n) is 3.25. The molecule has 17 heavy (non-hydrogen) atoms. The molecule has 1 aromatic rings. The number of aromatic nitrogens is 1. The minimum atomic E-state index is -4.67. The summed E-state index contributed by atoms with van der Waals surface area (Å²) in [4.78, 5) is 1.73. The molecule has 0 unspecified atom stereocenters. The fraction of sp³-hybridized carbons (Fsp3) is 0.286. The van der Waals surface area contributed by atoms with Crippen LogP contribution in [0.2, 0.25) is 0 Å². The van der Waals surface area contributed by atoms with Gasteiger partial charge in [-0.3, -0.25) is 4.55 Å². The molecule has 0 bridgehead atoms. The van der Waals surface area contributed by atoms with Crippen LogP contribution in [0.25, 0.3) is 0 Å². The monoisotopic (exact) mass is 266 g/mol. The fourth-order valence-electron chi connectivity index (χ4n) is 1.05. The average molecular weight is 266 g/mol. The number of nitrogen functional groups attached to an aromatic ring is 2. The van der Waals surface area contributed by atoms with Gasteiger partial charge >= 0.3 is 10.4 Å². The zero-order valence-corrected chi connectivity index (χ0v) is 10.0. The standard InChI is InChI=1S/C7H12N4O4S.H2O/c1-10(2)5-3-6(8)11(7(9)4-5)15-16(12,13)14;/h3-4H,1-2H3,(H4,8,9,12,13,14);1H2. The van der Waals surface area contributed by atoms with Gasteiger partial charge in [0.15, 0.2) is 0 Å². The summed E-state index contributed by atoms with van der Waals surface area (Å²) in [6.45, 7) is 0. The molecule has 0 aliphatic heterocycles. The highest BCUT2D eigenvalue weighted by atomic mass is 32.3. The topological polar surface area (TPSA) is 153 Å². The van der Waals surface area contributed by atoms with Crippen LogP contribution in [0, 0.1) is 0 Å². The van der Waals surface area contributed by atoms with Gasteiger partial charge in [-0.25, -0.2) is 4.28 Å². The van der Waals surface area contributed by atoms with Gasteiger partial charge in [0.2, 0.25) is 0 Å². The van der Waals surface area contributed by atoms with Gasteiger partial charge in [0.25, 0.3) is 11.6 Å². The summed E-state index contributed by atoms with van der Waals surface area (Å²) in [5, 5.41) is 0. The normalized spacial score (nSPS) is 10.5. The first kappa shape index (κ1) is 15.2. The average Bonchev–Trinajstić information content (AvgIpc) is 2.09. The van der Waals surface area contributed by atoms with Crippen LogP contribution >= 0.6 is 0 Å². The summed E-state index contributed by atoms with van der Waals surface area (Å²) in [6, 6.07) is 2.89. The Morgan fingerprint density at radius 1 is 1.29 bits per heavy atom. The molecular formula is C7H14N4O5S. The number of hydrogen-bond acceptors (Lipinski definition) is 7. The molecule has 0 amide bonds. The SMILES string of the molecule is CN(C)c1cc(N)[n+](OS(=O)(=O)O)c(N)c1.[OH-]. The lowest BCUT2D eigenvalue weighted by Gasteiger charge is -2.13. The van der Waals surface area contributed by atoms with Gasteiger partial charge in [0.1, 0.15) is 0 Å². The molecule has 0 fully saturated rings. The van der Waals surface area contributed by atoms with E-state index in [9.17, 15) is 8.42 Å². The molecule has 0 aliphatic carbocycles. The molecule has 1 heterocycles. The zero-order valence-electron chi connectivity index (χ0n) is 9.23. The zero-order chi connectivity index (χ0) is 12.5. The minimum Gasteiger partial charge on any atom is -0.870 e. The van der Waals surface area contributed by atoms with E-state index in [1.165, 1.54) is 12.1 Å². The van der Waals surface area contributed by atoms with Crippen molar-refractivity contribution in [2.75, 3.05) is 30.5 Å². The highest BCUT2D eigenvalue weighted by Crippen LogP contribution is 2.15. The molecule has 1 rings (SSSR count). The first-order chi connectivity index (χ1) is 7.20. The number of anilines is 3. The molecule has 0 spiro atoms. The van der Waals surface area contributed by atoms with Crippen molar-refractivity contribution in [3.8, 4) is 0 Å². The van der Waals surface area contributed by atoms with E-state index in [4.69, 9.17) is 16.0 Å². The molecule has 0 aliphatic rings. The lowest BCUT2D eigenvalue weighted by molar-refractivity contribution is -0.833. The first-order valence-electron chi connectivity index (χ1n) is 4.16. The summed E-state index contributed by atoms with van der Waals surface area (Å²) >= 11 is 0. The molecule has 9 nitrogen and oxygen atoms in total. The van der Waals surface area contributed by atoms with Crippen LogP contribution in [-0.4, -0.2) is 32.5 Å². The number of nitrogens with two attached hydrogens (primary N) is 2. The van der Waals surface area contributed by atoms with Gasteiger partial charge in [0, 0.05) is 31.9 Å². The minimum absolute atomic E-state index is 0. The van der Waals surface area contributed by atoms with Crippen molar-refractivity contribution in [2.45, 2.75) is 0 Å². The highest BCUT2D eigenvalue weighted by Gasteiger charge is 2.18. The summed E-state index contributed by atoms with van der Waals surface area (Å²) in [7, 11) is -1.13. The Morgan fingerprint density at radius 2 is 1.71 bits per heavy atom. The third-order valence-corrected chi connectivity index (χ3v) is 2.08. The summed E-state index contributed by atoms with van der Waals surface area (Å²) in [5.41, 5.74) is 11.7. The van der Waals surface area contributed by atoms with Crippen LogP contribution in [-0.2, 0) is 10.4 Å². The highest BCUT2D eigenvalue weighted by molar-refractivity contribution is 7.80. The van der Waals surface area contributed by atoms with E-state index in [1.807, 2.05) is 0 Å². The molecule has 1 aromatic heterocycles. The van der Waals surface area contributed by atoms with Crippen molar-refractivity contribution in [1.82, 2.24) is 0 Å². The number of pyridine rings is 1. The van der Waals surface area contributed by atoms with Crippen molar-refractivity contribution >= 4 is 27.7 Å². The number of nitrogens with zero attached hydrogens (tertiary/aromatic N) is 2. The molecule has 0 saturated heterocycles. The largest absolute Gasteiger partial charge is 0.870 e. The second kappa shape index (κ2) is 5.03. The smallest absolute Gasteiger partial charge is 0.476 e. The maximum atomic E-state index is 10.5. The van der Waals surface area contributed by atoms with Gasteiger partial charge in [-0.1, -0.05) is 0 Å². The Labute approximate surface area is 98.4 Å². The number of hydrogen-bond donors (Lipinski definition) is 3. The van der Waals surface area contributed by atoms with Crippen molar-refractivity contribution in [3.05, 3.63) is 12.1 Å². The summed E-state index contributed by atoms with van der Waals surface area (Å²) in [5.74, 6) is -0.109. The van der Waals surface area contributed by atoms with Crippen molar-refractivity contribution < 1.29 is 27.5 Å². The molecule has 6 N–H and O–H groups in total. The second-order valence-corrected chi connectivity index (χ2v) is 4.26. The summed E-state index contributed by atoms with van der Waals surface area (Å²) in [6.07, 6.45) is 0. The Balaban J connectivity index is 0.00000256. The van der Waals surface area contributed by atoms with Crippen LogP contribution in [0.5, 0.6) is 0 Å². The van der Waals surface area contributed by atoms with E-state index in [1.54, 1.807) is 19.0 Å². The third-order valence-electron chi connectivity index (χ3n) is 1.75. The molecule has 0 radical (unpaired) electrons. The van der Waals surface area contributed by atoms with Crippen LogP contribution in [0.3, 0.4) is 0 Å². The lowest BCUT2D eigenvalue weighted by Crippen LogP contribution is -2.50. The Bertz CT molecular complexity index is 478. The Morgan fingerprint density at radius 3 is 2.00 bits per heavy atom. The Hall–Kier alpha value is -1.78. The molecule has 0 aromatic carbocycles. The Kier molecular flexibility index (Phi) is 4.51. The van der Waals surface area contributed by atoms with Crippen LogP contribution in [0.15, 0.2) is 12.1 Å². The van der Waals surface area contributed by atoms with Gasteiger partial charge in [-0.05, 0) is 4.73 Å². The van der Waals surface area contributed by atoms with E-state index in [-0.39, 0.29) is 17.1 Å². The van der Waals surface area contributed by atoms with E-state index < -0.39 is 10.4 Å². The predicted molar refractivity (Wildman–Crippen MR) is 59.9 cm³/mol. The van der Waals surface area contributed by atoms with Gasteiger partial charge in [-0.2, -0.15) is 8.42 Å². The van der Waals surface area contributed by atoms with Gasteiger partial charge in [-0.15, -0.1) is 0 Å². The molecule has 0 saturated carbocycles. The van der Waals surface area contributed by atoms with Gasteiger partial charge in [0.05, 0.1) is 0 Å². The van der Waals surface area contributed by atoms with Crippen molar-refractivity contribution in [1.29, 1.82) is 0 Å². The molecule has 10 heteroatoms. The summed E-state index contributed by atoms with van der Waals surface area (Å²) < 4.78 is 34.3. The molecule has 98 valence electrons. The van der Waals surface area contributed by atoms with Crippen LogP contribution in [0.1, 0.15) is 0 Å². The van der Waals surface area contributed by atoms with E-state index >= 15 is 0 Å². The maximum absolute atomic E-state index is 10.5. The van der Waals surface area contributed by atoms with Crippen molar-refractivity contribution in [3.63, 3.8) is 0 Å². The van der Waals surface area contributed by atoms with Crippen LogP contribution in [0.4, 0.5) is 17.3 Å². The van der Waals surface area contributed by atoms with Crippen molar-refractivity contribution in [2.24, 2.45) is 0 Å². The predicted octanol–water partition coefficient (Wildman–Crippen LogP) is -1.74. The number of rotatable bonds is 3. The quantitative estimate of drug-likeness (QED) is 0.430. The first-order valence-corrected chi connectivity index (χ1v) is 5.53. The maximum Gasteiger partial charge on any atom is 0.476 e. The molecule has 0 atom stereocenters. The van der Waals surface area contributed by atoms with Gasteiger partial charge < -0.3 is 21.8 Å². The third kappa shape index (κ3) is 3.94.